The predicted molar refractivity (Wildman–Crippen MR) is 142 cm³/mol. The summed E-state index contributed by atoms with van der Waals surface area (Å²) in [6.45, 7) is 4.30. The number of thiophene rings is 1. The van der Waals surface area contributed by atoms with Gasteiger partial charge in [-0.1, -0.05) is 59.9 Å². The summed E-state index contributed by atoms with van der Waals surface area (Å²) in [5, 5.41) is 1.94. The first kappa shape index (κ1) is 24.0. The number of allylic oxidation sites excluding steroid dienone is 1. The van der Waals surface area contributed by atoms with Crippen molar-refractivity contribution in [3.05, 3.63) is 119 Å². The number of esters is 1. The van der Waals surface area contributed by atoms with Gasteiger partial charge >= 0.3 is 5.97 Å². The van der Waals surface area contributed by atoms with E-state index in [-0.39, 0.29) is 12.2 Å². The van der Waals surface area contributed by atoms with E-state index in [2.05, 4.69) is 4.99 Å². The molecule has 0 saturated heterocycles. The number of benzene rings is 2. The molecule has 0 N–H and O–H groups in total. The maximum atomic E-state index is 13.6. The third-order valence-electron chi connectivity index (χ3n) is 5.76. The van der Waals surface area contributed by atoms with Gasteiger partial charge in [0.15, 0.2) is 4.80 Å². The normalized spacial score (nSPS) is 15.4. The molecule has 36 heavy (non-hydrogen) atoms. The van der Waals surface area contributed by atoms with Crippen LogP contribution in [0.25, 0.3) is 6.08 Å². The highest BCUT2D eigenvalue weighted by Crippen LogP contribution is 2.33. The highest BCUT2D eigenvalue weighted by Gasteiger charge is 2.33. The van der Waals surface area contributed by atoms with Gasteiger partial charge in [-0.25, -0.2) is 9.79 Å². The van der Waals surface area contributed by atoms with Crippen LogP contribution in [0.3, 0.4) is 0 Å². The largest absolute Gasteiger partial charge is 0.489 e. The zero-order chi connectivity index (χ0) is 25.1. The summed E-state index contributed by atoms with van der Waals surface area (Å²) in [6, 6.07) is 20.9. The van der Waals surface area contributed by atoms with Crippen LogP contribution in [-0.4, -0.2) is 17.1 Å². The fraction of sp³-hybridized carbons (Fsp3) is 0.179. The summed E-state index contributed by atoms with van der Waals surface area (Å²) in [5.74, 6) is 0.308. The Hall–Kier alpha value is -3.75. The second-order valence-corrected chi connectivity index (χ2v) is 10.1. The molecule has 4 aromatic rings. The molecule has 1 aliphatic heterocycles. The molecule has 1 aliphatic rings. The van der Waals surface area contributed by atoms with E-state index in [9.17, 15) is 9.59 Å². The lowest BCUT2D eigenvalue weighted by Gasteiger charge is -2.23. The third kappa shape index (κ3) is 4.82. The minimum atomic E-state index is -0.559. The van der Waals surface area contributed by atoms with Crippen molar-refractivity contribution in [3.8, 4) is 5.75 Å². The van der Waals surface area contributed by atoms with Gasteiger partial charge in [-0.3, -0.25) is 9.36 Å². The number of rotatable bonds is 7. The summed E-state index contributed by atoms with van der Waals surface area (Å²) in [7, 11) is 0. The Morgan fingerprint density at radius 3 is 2.56 bits per heavy atom. The lowest BCUT2D eigenvalue weighted by molar-refractivity contribution is -0.139. The minimum Gasteiger partial charge on any atom is -0.489 e. The first-order valence-corrected chi connectivity index (χ1v) is 13.2. The van der Waals surface area contributed by atoms with Crippen molar-refractivity contribution in [2.75, 3.05) is 6.61 Å². The zero-order valence-electron chi connectivity index (χ0n) is 19.8. The topological polar surface area (TPSA) is 69.9 Å². The van der Waals surface area contributed by atoms with E-state index < -0.39 is 12.0 Å². The van der Waals surface area contributed by atoms with E-state index in [0.29, 0.717) is 27.2 Å². The summed E-state index contributed by atoms with van der Waals surface area (Å²) in [5.41, 5.74) is 2.76. The molecule has 0 amide bonds. The Morgan fingerprint density at radius 1 is 1.08 bits per heavy atom. The molecule has 8 heteroatoms. The second kappa shape index (κ2) is 10.5. The molecular weight excluding hydrogens is 492 g/mol. The average molecular weight is 517 g/mol. The Balaban J connectivity index is 1.48. The maximum absolute atomic E-state index is 13.6. The number of nitrogens with zero attached hydrogens (tertiary/aromatic N) is 2. The molecule has 0 radical (unpaired) electrons. The summed E-state index contributed by atoms with van der Waals surface area (Å²) >= 11 is 2.81. The maximum Gasteiger partial charge on any atom is 0.338 e. The van der Waals surface area contributed by atoms with Gasteiger partial charge < -0.3 is 9.47 Å². The number of aromatic nitrogens is 1. The monoisotopic (exact) mass is 516 g/mol. The fourth-order valence-corrected chi connectivity index (χ4v) is 5.93. The molecule has 0 unspecified atom stereocenters. The number of hydrogen-bond acceptors (Lipinski definition) is 7. The molecule has 5 rings (SSSR count). The average Bonchev–Trinajstić information content (AvgIpc) is 3.52. The Kier molecular flexibility index (Phi) is 6.97. The molecule has 0 spiro atoms. The summed E-state index contributed by atoms with van der Waals surface area (Å²) in [6.07, 6.45) is 1.85. The number of fused-ring (bicyclic) bond motifs is 1. The number of carbonyl (C=O) groups is 1. The van der Waals surface area contributed by atoms with Crippen LogP contribution in [0.2, 0.25) is 0 Å². The molecule has 0 aliphatic carbocycles. The molecule has 0 saturated carbocycles. The highest BCUT2D eigenvalue weighted by molar-refractivity contribution is 7.10. The SMILES string of the molecule is CCOC(=O)C1=C(C)N=c2s/c(=C/c3ccc(OCc4ccccc4)cc3)c(=O)n2[C@@H]1c1cccs1. The van der Waals surface area contributed by atoms with E-state index in [1.165, 1.54) is 22.7 Å². The molecule has 0 bridgehead atoms. The fourth-order valence-electron chi connectivity index (χ4n) is 4.06. The lowest BCUT2D eigenvalue weighted by atomic mass is 10.0. The van der Waals surface area contributed by atoms with Crippen molar-refractivity contribution in [1.29, 1.82) is 0 Å². The number of carbonyl (C=O) groups excluding carboxylic acids is 1. The first-order valence-electron chi connectivity index (χ1n) is 11.5. The molecule has 2 aromatic carbocycles. The third-order valence-corrected chi connectivity index (χ3v) is 7.66. The molecule has 182 valence electrons. The number of thiazole rings is 1. The van der Waals surface area contributed by atoms with Crippen LogP contribution in [0, 0.1) is 0 Å². The van der Waals surface area contributed by atoms with Gasteiger partial charge in [-0.05, 0) is 54.6 Å². The van der Waals surface area contributed by atoms with Crippen molar-refractivity contribution in [2.45, 2.75) is 26.5 Å². The van der Waals surface area contributed by atoms with Crippen molar-refractivity contribution in [2.24, 2.45) is 4.99 Å². The summed E-state index contributed by atoms with van der Waals surface area (Å²) in [4.78, 5) is 32.5. The van der Waals surface area contributed by atoms with Crippen LogP contribution in [-0.2, 0) is 16.1 Å². The van der Waals surface area contributed by atoms with Gasteiger partial charge in [0, 0.05) is 4.88 Å². The van der Waals surface area contributed by atoms with Crippen molar-refractivity contribution in [3.63, 3.8) is 0 Å². The first-order chi connectivity index (χ1) is 17.5. The van der Waals surface area contributed by atoms with E-state index in [0.717, 1.165) is 21.8 Å². The number of ether oxygens (including phenoxy) is 2. The smallest absolute Gasteiger partial charge is 0.338 e. The molecule has 0 fully saturated rings. The standard InChI is InChI=1S/C28H24N2O4S2/c1-3-33-27(32)24-18(2)29-28-30(25(24)22-10-7-15-35-22)26(31)23(36-28)16-19-11-13-21(14-12-19)34-17-20-8-5-4-6-9-20/h4-16,25H,3,17H2,1-2H3/b23-16+/t25-/m1/s1. The number of hydrogen-bond donors (Lipinski definition) is 0. The van der Waals surface area contributed by atoms with Crippen LogP contribution in [0.5, 0.6) is 5.75 Å². The molecule has 1 atom stereocenters. The van der Waals surface area contributed by atoms with Gasteiger partial charge in [0.2, 0.25) is 0 Å². The molecule has 3 heterocycles. The van der Waals surface area contributed by atoms with Crippen LogP contribution in [0.4, 0.5) is 0 Å². The lowest BCUT2D eigenvalue weighted by Crippen LogP contribution is -2.39. The van der Waals surface area contributed by atoms with Crippen molar-refractivity contribution >= 4 is 34.7 Å². The molecule has 6 nitrogen and oxygen atoms in total. The quantitative estimate of drug-likeness (QED) is 0.341. The van der Waals surface area contributed by atoms with Gasteiger partial charge in [0.25, 0.3) is 5.56 Å². The Labute approximate surface area is 216 Å². The predicted octanol–water partition coefficient (Wildman–Crippen LogP) is 4.44. The Morgan fingerprint density at radius 2 is 1.86 bits per heavy atom. The molecule has 2 aromatic heterocycles. The van der Waals surface area contributed by atoms with Crippen LogP contribution < -0.4 is 19.6 Å². The second-order valence-electron chi connectivity index (χ2n) is 8.16. The van der Waals surface area contributed by atoms with Crippen LogP contribution >= 0.6 is 22.7 Å². The van der Waals surface area contributed by atoms with Gasteiger partial charge in [-0.2, -0.15) is 0 Å². The van der Waals surface area contributed by atoms with E-state index in [1.54, 1.807) is 18.4 Å². The highest BCUT2D eigenvalue weighted by atomic mass is 32.1. The van der Waals surface area contributed by atoms with Crippen molar-refractivity contribution in [1.82, 2.24) is 4.57 Å². The van der Waals surface area contributed by atoms with Gasteiger partial charge in [0.1, 0.15) is 18.4 Å². The van der Waals surface area contributed by atoms with Crippen LogP contribution in [0.1, 0.15) is 35.9 Å². The van der Waals surface area contributed by atoms with E-state index >= 15 is 0 Å². The van der Waals surface area contributed by atoms with Crippen molar-refractivity contribution < 1.29 is 14.3 Å². The van der Waals surface area contributed by atoms with E-state index in [4.69, 9.17) is 9.47 Å². The van der Waals surface area contributed by atoms with Gasteiger partial charge in [0.05, 0.1) is 22.4 Å². The summed E-state index contributed by atoms with van der Waals surface area (Å²) < 4.78 is 13.3. The molecular formula is C28H24N2O4S2. The zero-order valence-corrected chi connectivity index (χ0v) is 21.5. The van der Waals surface area contributed by atoms with E-state index in [1.807, 2.05) is 78.2 Å². The van der Waals surface area contributed by atoms with Gasteiger partial charge in [-0.15, -0.1) is 11.3 Å². The Bertz CT molecular complexity index is 1580. The minimum absolute atomic E-state index is 0.184. The van der Waals surface area contributed by atoms with Crippen LogP contribution in [0.15, 0.2) is 93.2 Å².